The summed E-state index contributed by atoms with van der Waals surface area (Å²) in [6.07, 6.45) is -1.90. The molecular formula is C15H20F3N3O2. The fourth-order valence-corrected chi connectivity index (χ4v) is 2.48. The van der Waals surface area contributed by atoms with Gasteiger partial charge >= 0.3 is 6.18 Å². The normalized spacial score (nSPS) is 19.7. The Hall–Kier alpha value is -1.83. The monoisotopic (exact) mass is 331 g/mol. The number of alkyl halides is 3. The highest BCUT2D eigenvalue weighted by Crippen LogP contribution is 2.29. The molecule has 128 valence electrons. The molecule has 1 aliphatic rings. The summed E-state index contributed by atoms with van der Waals surface area (Å²) in [6.45, 7) is 2.86. The highest BCUT2D eigenvalue weighted by Gasteiger charge is 2.32. The molecule has 0 saturated carbocycles. The topological polar surface area (TPSA) is 68.5 Å². The third-order valence-electron chi connectivity index (χ3n) is 3.72. The number of aromatic nitrogens is 1. The number of nitrogens with two attached hydrogens (primary N) is 1. The van der Waals surface area contributed by atoms with Crippen molar-refractivity contribution in [1.29, 1.82) is 0 Å². The van der Waals surface area contributed by atoms with Crippen LogP contribution in [0.1, 0.15) is 31.7 Å². The molecule has 0 aromatic carbocycles. The van der Waals surface area contributed by atoms with Crippen LogP contribution in [0.5, 0.6) is 5.88 Å². The van der Waals surface area contributed by atoms with E-state index in [2.05, 4.69) is 4.98 Å². The van der Waals surface area contributed by atoms with E-state index in [0.717, 1.165) is 18.7 Å². The van der Waals surface area contributed by atoms with Gasteiger partial charge in [-0.15, -0.1) is 0 Å². The van der Waals surface area contributed by atoms with E-state index < -0.39 is 17.8 Å². The zero-order chi connectivity index (χ0) is 17.0. The number of hydrogen-bond acceptors (Lipinski definition) is 4. The van der Waals surface area contributed by atoms with Crippen molar-refractivity contribution in [2.24, 2.45) is 5.73 Å². The van der Waals surface area contributed by atoms with Crippen molar-refractivity contribution in [1.82, 2.24) is 9.88 Å². The first-order valence-electron chi connectivity index (χ1n) is 7.55. The SMILES string of the molecule is CCC[C@@H](N)C(=O)N1CC[C@H](Oc2ccc(C(F)(F)F)cn2)C1. The molecule has 8 heteroatoms. The van der Waals surface area contributed by atoms with Crippen LogP contribution in [0.25, 0.3) is 0 Å². The summed E-state index contributed by atoms with van der Waals surface area (Å²) in [5.74, 6) is 0.00786. The van der Waals surface area contributed by atoms with Gasteiger partial charge in [0.25, 0.3) is 0 Å². The highest BCUT2D eigenvalue weighted by molar-refractivity contribution is 5.81. The van der Waals surface area contributed by atoms with Gasteiger partial charge in [0.15, 0.2) is 0 Å². The number of amides is 1. The van der Waals surface area contributed by atoms with Gasteiger partial charge in [-0.1, -0.05) is 13.3 Å². The average Bonchev–Trinajstić information content (AvgIpc) is 2.95. The van der Waals surface area contributed by atoms with E-state index in [4.69, 9.17) is 10.5 Å². The Morgan fingerprint density at radius 3 is 2.83 bits per heavy atom. The zero-order valence-electron chi connectivity index (χ0n) is 12.8. The highest BCUT2D eigenvalue weighted by atomic mass is 19.4. The summed E-state index contributed by atoms with van der Waals surface area (Å²) in [5, 5.41) is 0. The maximum Gasteiger partial charge on any atom is 0.417 e. The third-order valence-corrected chi connectivity index (χ3v) is 3.72. The summed E-state index contributed by atoms with van der Waals surface area (Å²) >= 11 is 0. The first-order valence-corrected chi connectivity index (χ1v) is 7.55. The molecular weight excluding hydrogens is 311 g/mol. The van der Waals surface area contributed by atoms with Crippen molar-refractivity contribution in [2.75, 3.05) is 13.1 Å². The Bertz CT molecular complexity index is 534. The van der Waals surface area contributed by atoms with Crippen LogP contribution in [0.2, 0.25) is 0 Å². The molecule has 0 radical (unpaired) electrons. The van der Waals surface area contributed by atoms with E-state index >= 15 is 0 Å². The first-order chi connectivity index (χ1) is 10.8. The molecule has 1 saturated heterocycles. The molecule has 1 aliphatic heterocycles. The fourth-order valence-electron chi connectivity index (χ4n) is 2.48. The van der Waals surface area contributed by atoms with Gasteiger partial charge in [-0.2, -0.15) is 13.2 Å². The molecule has 1 aromatic heterocycles. The first kappa shape index (κ1) is 17.5. The van der Waals surface area contributed by atoms with Gasteiger partial charge in [-0.05, 0) is 12.5 Å². The molecule has 2 N–H and O–H groups in total. The van der Waals surface area contributed by atoms with Crippen LogP contribution in [-0.2, 0) is 11.0 Å². The Kier molecular flexibility index (Phi) is 5.46. The van der Waals surface area contributed by atoms with Gasteiger partial charge in [0, 0.05) is 25.2 Å². The van der Waals surface area contributed by atoms with Crippen LogP contribution in [-0.4, -0.2) is 41.0 Å². The minimum atomic E-state index is -4.42. The zero-order valence-corrected chi connectivity index (χ0v) is 12.8. The van der Waals surface area contributed by atoms with Crippen LogP contribution in [0.3, 0.4) is 0 Å². The smallest absolute Gasteiger partial charge is 0.417 e. The molecule has 0 bridgehead atoms. The lowest BCUT2D eigenvalue weighted by Crippen LogP contribution is -2.43. The molecule has 5 nitrogen and oxygen atoms in total. The number of pyridine rings is 1. The van der Waals surface area contributed by atoms with Crippen molar-refractivity contribution in [3.05, 3.63) is 23.9 Å². The second-order valence-corrected chi connectivity index (χ2v) is 5.59. The van der Waals surface area contributed by atoms with Crippen LogP contribution in [0.4, 0.5) is 13.2 Å². The molecule has 0 spiro atoms. The number of halogens is 3. The number of hydrogen-bond donors (Lipinski definition) is 1. The van der Waals surface area contributed by atoms with E-state index in [1.807, 2.05) is 6.92 Å². The standard InChI is InChI=1S/C15H20F3N3O2/c1-2-3-12(19)14(22)21-7-6-11(9-21)23-13-5-4-10(8-20-13)15(16,17)18/h4-5,8,11-12H,2-3,6-7,9,19H2,1H3/t11-,12+/m0/s1. The van der Waals surface area contributed by atoms with Gasteiger partial charge in [-0.25, -0.2) is 4.98 Å². The predicted molar refractivity (Wildman–Crippen MR) is 77.7 cm³/mol. The van der Waals surface area contributed by atoms with Gasteiger partial charge < -0.3 is 15.4 Å². The molecule has 2 heterocycles. The van der Waals surface area contributed by atoms with E-state index in [0.29, 0.717) is 25.9 Å². The van der Waals surface area contributed by atoms with Gasteiger partial charge in [0.05, 0.1) is 18.2 Å². The lowest BCUT2D eigenvalue weighted by atomic mass is 10.1. The van der Waals surface area contributed by atoms with Crippen LogP contribution in [0.15, 0.2) is 18.3 Å². The number of ether oxygens (including phenoxy) is 1. The predicted octanol–water partition coefficient (Wildman–Crippen LogP) is 2.21. The molecule has 0 unspecified atom stereocenters. The van der Waals surface area contributed by atoms with Crippen molar-refractivity contribution in [2.45, 2.75) is 44.5 Å². The number of carbonyl (C=O) groups is 1. The van der Waals surface area contributed by atoms with E-state index in [1.54, 1.807) is 4.90 Å². The van der Waals surface area contributed by atoms with E-state index in [9.17, 15) is 18.0 Å². The second kappa shape index (κ2) is 7.16. The average molecular weight is 331 g/mol. The van der Waals surface area contributed by atoms with Crippen LogP contribution < -0.4 is 10.5 Å². The van der Waals surface area contributed by atoms with Crippen molar-refractivity contribution in [3.8, 4) is 5.88 Å². The fraction of sp³-hybridized carbons (Fsp3) is 0.600. The molecule has 2 atom stereocenters. The van der Waals surface area contributed by atoms with E-state index in [-0.39, 0.29) is 17.9 Å². The molecule has 1 fully saturated rings. The number of likely N-dealkylation sites (tertiary alicyclic amines) is 1. The maximum absolute atomic E-state index is 12.5. The maximum atomic E-state index is 12.5. The largest absolute Gasteiger partial charge is 0.472 e. The molecule has 1 aromatic rings. The summed E-state index contributed by atoms with van der Waals surface area (Å²) in [4.78, 5) is 17.4. The number of rotatable bonds is 5. The van der Waals surface area contributed by atoms with Gasteiger partial charge in [0.1, 0.15) is 6.10 Å². The van der Waals surface area contributed by atoms with Crippen LogP contribution >= 0.6 is 0 Å². The van der Waals surface area contributed by atoms with Crippen molar-refractivity contribution < 1.29 is 22.7 Å². The molecule has 0 aliphatic carbocycles. The van der Waals surface area contributed by atoms with E-state index in [1.165, 1.54) is 6.07 Å². The minimum Gasteiger partial charge on any atom is -0.472 e. The third kappa shape index (κ3) is 4.57. The quantitative estimate of drug-likeness (QED) is 0.898. The number of nitrogens with zero attached hydrogens (tertiary/aromatic N) is 2. The van der Waals surface area contributed by atoms with Crippen molar-refractivity contribution >= 4 is 5.91 Å². The minimum absolute atomic E-state index is 0.113. The summed E-state index contributed by atoms with van der Waals surface area (Å²) < 4.78 is 42.9. The molecule has 23 heavy (non-hydrogen) atoms. The van der Waals surface area contributed by atoms with Gasteiger partial charge in [0.2, 0.25) is 11.8 Å². The Labute approximate surface area is 132 Å². The molecule has 2 rings (SSSR count). The Balaban J connectivity index is 1.89. The molecule has 1 amide bonds. The van der Waals surface area contributed by atoms with Crippen LogP contribution in [0, 0.1) is 0 Å². The lowest BCUT2D eigenvalue weighted by Gasteiger charge is -2.20. The summed E-state index contributed by atoms with van der Waals surface area (Å²) in [5.41, 5.74) is 4.99. The summed E-state index contributed by atoms with van der Waals surface area (Å²) in [6, 6.07) is 1.61. The summed E-state index contributed by atoms with van der Waals surface area (Å²) in [7, 11) is 0. The second-order valence-electron chi connectivity index (χ2n) is 5.59. The lowest BCUT2D eigenvalue weighted by molar-refractivity contribution is -0.138. The Morgan fingerprint density at radius 1 is 1.52 bits per heavy atom. The number of carbonyl (C=O) groups excluding carboxylic acids is 1. The van der Waals surface area contributed by atoms with Crippen molar-refractivity contribution in [3.63, 3.8) is 0 Å². The Morgan fingerprint density at radius 2 is 2.26 bits per heavy atom. The van der Waals surface area contributed by atoms with Gasteiger partial charge in [-0.3, -0.25) is 4.79 Å².